The first-order valence-corrected chi connectivity index (χ1v) is 7.52. The molecule has 0 saturated heterocycles. The van der Waals surface area contributed by atoms with Crippen LogP contribution in [0.25, 0.3) is 0 Å². The van der Waals surface area contributed by atoms with Gasteiger partial charge in [0.1, 0.15) is 4.90 Å². The van der Waals surface area contributed by atoms with Gasteiger partial charge >= 0.3 is 0 Å². The van der Waals surface area contributed by atoms with Crippen molar-refractivity contribution in [3.63, 3.8) is 0 Å². The van der Waals surface area contributed by atoms with Gasteiger partial charge in [0.05, 0.1) is 16.7 Å². The minimum atomic E-state index is -3.68. The molecule has 0 spiro atoms. The van der Waals surface area contributed by atoms with Crippen molar-refractivity contribution in [3.8, 4) is 6.07 Å². The van der Waals surface area contributed by atoms with Crippen LogP contribution in [0.15, 0.2) is 23.1 Å². The van der Waals surface area contributed by atoms with Crippen molar-refractivity contribution in [2.24, 2.45) is 0 Å². The van der Waals surface area contributed by atoms with Crippen molar-refractivity contribution in [1.82, 2.24) is 4.72 Å². The van der Waals surface area contributed by atoms with Crippen molar-refractivity contribution in [2.45, 2.75) is 37.6 Å². The lowest BCUT2D eigenvalue weighted by Crippen LogP contribution is -2.34. The van der Waals surface area contributed by atoms with E-state index in [1.54, 1.807) is 0 Å². The molecule has 0 saturated carbocycles. The number of nitrogens with one attached hydrogen (secondary N) is 1. The molecule has 0 radical (unpaired) electrons. The van der Waals surface area contributed by atoms with Crippen molar-refractivity contribution >= 4 is 21.6 Å². The molecule has 98 valence electrons. The van der Waals surface area contributed by atoms with E-state index in [1.807, 2.05) is 19.9 Å². The summed E-state index contributed by atoms with van der Waals surface area (Å²) in [5.74, 6) is 0. The summed E-state index contributed by atoms with van der Waals surface area (Å²) in [5.41, 5.74) is 0.268. The third kappa shape index (κ3) is 3.45. The van der Waals surface area contributed by atoms with E-state index in [0.717, 1.165) is 0 Å². The van der Waals surface area contributed by atoms with E-state index >= 15 is 0 Å². The number of rotatable bonds is 5. The van der Waals surface area contributed by atoms with Gasteiger partial charge in [0, 0.05) is 6.04 Å². The van der Waals surface area contributed by atoms with E-state index in [0.29, 0.717) is 12.8 Å². The largest absolute Gasteiger partial charge is 0.242 e. The zero-order chi connectivity index (χ0) is 13.8. The molecule has 0 fully saturated rings. The third-order valence-corrected chi connectivity index (χ3v) is 4.66. The van der Waals surface area contributed by atoms with Crippen molar-refractivity contribution < 1.29 is 8.42 Å². The first kappa shape index (κ1) is 15.0. The van der Waals surface area contributed by atoms with Crippen LogP contribution >= 0.6 is 11.6 Å². The molecule has 0 aromatic heterocycles. The lowest BCUT2D eigenvalue weighted by atomic mass is 10.2. The summed E-state index contributed by atoms with van der Waals surface area (Å²) in [6.07, 6.45) is 1.40. The number of nitriles is 1. The number of halogens is 1. The van der Waals surface area contributed by atoms with Gasteiger partial charge in [-0.25, -0.2) is 13.1 Å². The Morgan fingerprint density at radius 3 is 2.50 bits per heavy atom. The summed E-state index contributed by atoms with van der Waals surface area (Å²) in [7, 11) is -3.68. The fourth-order valence-electron chi connectivity index (χ4n) is 1.52. The molecule has 0 atom stereocenters. The minimum Gasteiger partial charge on any atom is -0.208 e. The van der Waals surface area contributed by atoms with Gasteiger partial charge in [0.2, 0.25) is 10.0 Å². The van der Waals surface area contributed by atoms with Crippen molar-refractivity contribution in [2.75, 3.05) is 0 Å². The van der Waals surface area contributed by atoms with Crippen LogP contribution in [0.1, 0.15) is 32.3 Å². The molecule has 1 N–H and O–H groups in total. The monoisotopic (exact) mass is 286 g/mol. The molecule has 6 heteroatoms. The van der Waals surface area contributed by atoms with Gasteiger partial charge in [-0.05, 0) is 31.0 Å². The van der Waals surface area contributed by atoms with Crippen LogP contribution in [0.2, 0.25) is 5.02 Å². The lowest BCUT2D eigenvalue weighted by molar-refractivity contribution is 0.530. The highest BCUT2D eigenvalue weighted by Crippen LogP contribution is 2.23. The lowest BCUT2D eigenvalue weighted by Gasteiger charge is -2.15. The van der Waals surface area contributed by atoms with Crippen molar-refractivity contribution in [3.05, 3.63) is 28.8 Å². The molecule has 0 bridgehead atoms. The number of nitrogens with zero attached hydrogens (tertiary/aromatic N) is 1. The smallest absolute Gasteiger partial charge is 0.208 e. The molecule has 0 aliphatic rings. The number of sulfonamides is 1. The number of hydrogen-bond acceptors (Lipinski definition) is 3. The van der Waals surface area contributed by atoms with Gasteiger partial charge in [-0.3, -0.25) is 0 Å². The van der Waals surface area contributed by atoms with E-state index in [9.17, 15) is 8.42 Å². The number of hydrogen-bond donors (Lipinski definition) is 1. The second kappa shape index (κ2) is 6.19. The molecular weight excluding hydrogens is 272 g/mol. The Labute approximate surface area is 113 Å². The molecule has 1 aromatic rings. The van der Waals surface area contributed by atoms with Gasteiger partial charge < -0.3 is 0 Å². The van der Waals surface area contributed by atoms with Gasteiger partial charge in [-0.2, -0.15) is 5.26 Å². The topological polar surface area (TPSA) is 70.0 Å². The van der Waals surface area contributed by atoms with Gasteiger partial charge in [-0.15, -0.1) is 0 Å². The molecule has 0 unspecified atom stereocenters. The highest BCUT2D eigenvalue weighted by molar-refractivity contribution is 7.89. The summed E-state index contributed by atoms with van der Waals surface area (Å²) >= 11 is 5.88. The highest BCUT2D eigenvalue weighted by atomic mass is 35.5. The predicted octanol–water partition coefficient (Wildman–Crippen LogP) is 2.68. The van der Waals surface area contributed by atoms with E-state index in [4.69, 9.17) is 16.9 Å². The second-order valence-corrected chi connectivity index (χ2v) is 5.98. The fourth-order valence-corrected chi connectivity index (χ4v) is 3.45. The van der Waals surface area contributed by atoms with E-state index in [2.05, 4.69) is 4.72 Å². The first-order valence-electron chi connectivity index (χ1n) is 5.66. The molecule has 0 amide bonds. The Kier molecular flexibility index (Phi) is 5.15. The number of benzene rings is 1. The zero-order valence-electron chi connectivity index (χ0n) is 10.3. The Balaban J connectivity index is 3.16. The van der Waals surface area contributed by atoms with Crippen LogP contribution < -0.4 is 4.72 Å². The van der Waals surface area contributed by atoms with E-state index in [-0.39, 0.29) is 21.5 Å². The van der Waals surface area contributed by atoms with Crippen molar-refractivity contribution in [1.29, 1.82) is 5.26 Å². The van der Waals surface area contributed by atoms with Gasteiger partial charge in [0.15, 0.2) is 0 Å². The van der Waals surface area contributed by atoms with Crippen LogP contribution in [-0.2, 0) is 10.0 Å². The van der Waals surface area contributed by atoms with Gasteiger partial charge in [0.25, 0.3) is 0 Å². The Hall–Kier alpha value is -1.09. The maximum Gasteiger partial charge on any atom is 0.242 e. The quantitative estimate of drug-likeness (QED) is 0.905. The Morgan fingerprint density at radius 2 is 2.00 bits per heavy atom. The summed E-state index contributed by atoms with van der Waals surface area (Å²) in [6.45, 7) is 3.81. The second-order valence-electron chi connectivity index (χ2n) is 3.89. The molecule has 1 rings (SSSR count). The standard InChI is InChI=1S/C12H15ClN2O2S/c1-3-10(4-2)15-18(16,17)12-7-9(8-14)5-6-11(12)13/h5-7,10,15H,3-4H2,1-2H3. The SMILES string of the molecule is CCC(CC)NS(=O)(=O)c1cc(C#N)ccc1Cl. The Bertz CT molecular complexity index is 560. The van der Waals surface area contributed by atoms with Gasteiger partial charge in [-0.1, -0.05) is 25.4 Å². The molecule has 18 heavy (non-hydrogen) atoms. The zero-order valence-corrected chi connectivity index (χ0v) is 11.8. The molecule has 1 aromatic carbocycles. The maximum atomic E-state index is 12.1. The predicted molar refractivity (Wildman–Crippen MR) is 70.9 cm³/mol. The normalized spacial score (nSPS) is 11.5. The summed E-state index contributed by atoms with van der Waals surface area (Å²) < 4.78 is 26.9. The molecule has 0 heterocycles. The van der Waals surface area contributed by atoms with Crippen LogP contribution in [0.3, 0.4) is 0 Å². The fraction of sp³-hybridized carbons (Fsp3) is 0.417. The third-order valence-electron chi connectivity index (χ3n) is 2.66. The highest BCUT2D eigenvalue weighted by Gasteiger charge is 2.21. The summed E-state index contributed by atoms with van der Waals surface area (Å²) in [5, 5.41) is 8.90. The maximum absolute atomic E-state index is 12.1. The molecule has 4 nitrogen and oxygen atoms in total. The van der Waals surface area contributed by atoms with Crippen LogP contribution in [0.5, 0.6) is 0 Å². The summed E-state index contributed by atoms with van der Waals surface area (Å²) in [6, 6.07) is 5.96. The van der Waals surface area contributed by atoms with E-state index < -0.39 is 10.0 Å². The van der Waals surface area contributed by atoms with E-state index in [1.165, 1.54) is 18.2 Å². The average Bonchev–Trinajstić information content (AvgIpc) is 2.36. The molecule has 0 aliphatic carbocycles. The van der Waals surface area contributed by atoms with Crippen LogP contribution in [-0.4, -0.2) is 14.5 Å². The van der Waals surface area contributed by atoms with Crippen LogP contribution in [0, 0.1) is 11.3 Å². The van der Waals surface area contributed by atoms with Crippen LogP contribution in [0.4, 0.5) is 0 Å². The average molecular weight is 287 g/mol. The molecule has 0 aliphatic heterocycles. The minimum absolute atomic E-state index is 0.0462. The first-order chi connectivity index (χ1) is 8.44. The molecular formula is C12H15ClN2O2S. The summed E-state index contributed by atoms with van der Waals surface area (Å²) in [4.78, 5) is -0.0462. The Morgan fingerprint density at radius 1 is 1.39 bits per heavy atom.